The van der Waals surface area contributed by atoms with Gasteiger partial charge in [0.05, 0.1) is 5.92 Å². The van der Waals surface area contributed by atoms with Gasteiger partial charge in [-0.05, 0) is 25.7 Å². The van der Waals surface area contributed by atoms with E-state index in [2.05, 4.69) is 5.32 Å². The molecule has 0 aromatic carbocycles. The molecule has 1 rings (SSSR count). The van der Waals surface area contributed by atoms with E-state index in [1.807, 2.05) is 0 Å². The normalized spacial score (nSPS) is 26.7. The number of rotatable bonds is 4. The molecule has 18 heavy (non-hydrogen) atoms. The molecule has 0 saturated heterocycles. The quantitative estimate of drug-likeness (QED) is 0.805. The first-order valence-corrected chi connectivity index (χ1v) is 5.98. The van der Waals surface area contributed by atoms with Crippen molar-refractivity contribution in [2.45, 2.75) is 44.0 Å². The number of halogens is 3. The van der Waals surface area contributed by atoms with E-state index in [1.54, 1.807) is 0 Å². The molecule has 1 aliphatic rings. The summed E-state index contributed by atoms with van der Waals surface area (Å²) < 4.78 is 42.2. The fraction of sp³-hybridized carbons (Fsp3) is 0.909. The molecule has 0 aliphatic heterocycles. The van der Waals surface area contributed by atoms with Crippen LogP contribution in [0.15, 0.2) is 0 Å². The summed E-state index contributed by atoms with van der Waals surface area (Å²) in [4.78, 5) is 11.6. The highest BCUT2D eigenvalue weighted by molar-refractivity contribution is 5.81. The fourth-order valence-electron chi connectivity index (χ4n) is 2.17. The number of nitrogens with two attached hydrogens (primary N) is 1. The van der Waals surface area contributed by atoms with E-state index in [1.165, 1.54) is 7.11 Å². The van der Waals surface area contributed by atoms with Crippen molar-refractivity contribution in [1.82, 2.24) is 5.32 Å². The Morgan fingerprint density at radius 2 is 1.94 bits per heavy atom. The molecule has 106 valence electrons. The molecule has 0 bridgehead atoms. The van der Waals surface area contributed by atoms with Gasteiger partial charge in [0.1, 0.15) is 6.10 Å². The number of carbonyl (C=O) groups excluding carboxylic acids is 1. The van der Waals surface area contributed by atoms with E-state index in [0.29, 0.717) is 12.8 Å². The SMILES string of the molecule is COC(CN)C(=O)NC1CCC(C(F)(F)F)CC1. The number of ether oxygens (including phenoxy) is 1. The van der Waals surface area contributed by atoms with Gasteiger partial charge in [0.2, 0.25) is 0 Å². The first kappa shape index (κ1) is 15.2. The van der Waals surface area contributed by atoms with Crippen molar-refractivity contribution < 1.29 is 22.7 Å². The summed E-state index contributed by atoms with van der Waals surface area (Å²) in [6.07, 6.45) is -4.04. The summed E-state index contributed by atoms with van der Waals surface area (Å²) in [6.45, 7) is 0.0558. The van der Waals surface area contributed by atoms with Crippen LogP contribution in [0.25, 0.3) is 0 Å². The molecule has 1 saturated carbocycles. The maximum Gasteiger partial charge on any atom is 0.391 e. The Hall–Kier alpha value is -0.820. The lowest BCUT2D eigenvalue weighted by Gasteiger charge is -2.30. The molecule has 0 spiro atoms. The molecule has 4 nitrogen and oxygen atoms in total. The Bertz CT molecular complexity index is 272. The number of nitrogens with one attached hydrogen (secondary N) is 1. The maximum absolute atomic E-state index is 12.4. The average molecular weight is 268 g/mol. The third-order valence-corrected chi connectivity index (χ3v) is 3.33. The van der Waals surface area contributed by atoms with E-state index < -0.39 is 18.2 Å². The summed E-state index contributed by atoms with van der Waals surface area (Å²) in [5, 5.41) is 2.68. The molecule has 0 aromatic rings. The van der Waals surface area contributed by atoms with E-state index in [0.717, 1.165) is 0 Å². The molecule has 1 unspecified atom stereocenters. The van der Waals surface area contributed by atoms with E-state index in [-0.39, 0.29) is 31.3 Å². The first-order valence-electron chi connectivity index (χ1n) is 5.98. The zero-order valence-electron chi connectivity index (χ0n) is 10.3. The molecule has 3 N–H and O–H groups in total. The number of alkyl halides is 3. The van der Waals surface area contributed by atoms with Crippen molar-refractivity contribution in [2.75, 3.05) is 13.7 Å². The molecule has 7 heteroatoms. The third-order valence-electron chi connectivity index (χ3n) is 3.33. The second-order valence-electron chi connectivity index (χ2n) is 4.56. The minimum atomic E-state index is -4.12. The van der Waals surface area contributed by atoms with Crippen LogP contribution in [0.4, 0.5) is 13.2 Å². The first-order chi connectivity index (χ1) is 8.38. The van der Waals surface area contributed by atoms with Crippen LogP contribution in [-0.4, -0.2) is 37.9 Å². The molecule has 1 amide bonds. The Morgan fingerprint density at radius 3 is 2.33 bits per heavy atom. The van der Waals surface area contributed by atoms with E-state index in [4.69, 9.17) is 10.5 Å². The van der Waals surface area contributed by atoms with Crippen LogP contribution >= 0.6 is 0 Å². The van der Waals surface area contributed by atoms with Crippen molar-refractivity contribution >= 4 is 5.91 Å². The lowest BCUT2D eigenvalue weighted by Crippen LogP contribution is -2.47. The summed E-state index contributed by atoms with van der Waals surface area (Å²) in [5.74, 6) is -1.59. The van der Waals surface area contributed by atoms with Crippen LogP contribution in [0.5, 0.6) is 0 Å². The highest BCUT2D eigenvalue weighted by Crippen LogP contribution is 2.37. The molecule has 0 heterocycles. The number of methoxy groups -OCH3 is 1. The second-order valence-corrected chi connectivity index (χ2v) is 4.56. The van der Waals surface area contributed by atoms with Gasteiger partial charge in [0.25, 0.3) is 5.91 Å². The molecule has 0 radical (unpaired) electrons. The van der Waals surface area contributed by atoms with Crippen LogP contribution in [0.3, 0.4) is 0 Å². The van der Waals surface area contributed by atoms with Crippen molar-refractivity contribution in [3.05, 3.63) is 0 Å². The number of hydrogen-bond acceptors (Lipinski definition) is 3. The van der Waals surface area contributed by atoms with Gasteiger partial charge in [0.15, 0.2) is 0 Å². The van der Waals surface area contributed by atoms with E-state index in [9.17, 15) is 18.0 Å². The predicted molar refractivity (Wildman–Crippen MR) is 59.8 cm³/mol. The summed E-state index contributed by atoms with van der Waals surface area (Å²) in [5.41, 5.74) is 5.33. The van der Waals surface area contributed by atoms with Gasteiger partial charge in [-0.25, -0.2) is 0 Å². The topological polar surface area (TPSA) is 64.3 Å². The van der Waals surface area contributed by atoms with Crippen molar-refractivity contribution in [3.63, 3.8) is 0 Å². The van der Waals surface area contributed by atoms with Crippen LogP contribution in [0.2, 0.25) is 0 Å². The zero-order chi connectivity index (χ0) is 13.8. The smallest absolute Gasteiger partial charge is 0.370 e. The van der Waals surface area contributed by atoms with Crippen LogP contribution in [-0.2, 0) is 9.53 Å². The molecular weight excluding hydrogens is 249 g/mol. The minimum absolute atomic E-state index is 0.0558. The molecule has 1 aliphatic carbocycles. The van der Waals surface area contributed by atoms with Crippen molar-refractivity contribution in [1.29, 1.82) is 0 Å². The Morgan fingerprint density at radius 1 is 1.39 bits per heavy atom. The number of carbonyl (C=O) groups is 1. The molecule has 1 atom stereocenters. The molecular formula is C11H19F3N2O2. The summed E-state index contributed by atoms with van der Waals surface area (Å²) >= 11 is 0. The highest BCUT2D eigenvalue weighted by Gasteiger charge is 2.41. The van der Waals surface area contributed by atoms with Crippen LogP contribution in [0, 0.1) is 5.92 Å². The van der Waals surface area contributed by atoms with Gasteiger partial charge in [-0.15, -0.1) is 0 Å². The largest absolute Gasteiger partial charge is 0.391 e. The predicted octanol–water partition coefficient (Wildman–Crippen LogP) is 1.20. The standard InChI is InChI=1S/C11H19F3N2O2/c1-18-9(6-15)10(17)16-8-4-2-7(3-5-8)11(12,13)14/h7-9H,2-6,15H2,1H3,(H,16,17). The van der Waals surface area contributed by atoms with E-state index >= 15 is 0 Å². The monoisotopic (exact) mass is 268 g/mol. The Kier molecular flexibility index (Phi) is 5.40. The van der Waals surface area contributed by atoms with Gasteiger partial charge in [-0.3, -0.25) is 4.79 Å². The average Bonchev–Trinajstić information content (AvgIpc) is 2.30. The second kappa shape index (κ2) is 6.38. The zero-order valence-corrected chi connectivity index (χ0v) is 10.3. The number of amides is 1. The lowest BCUT2D eigenvalue weighted by atomic mass is 9.85. The summed E-state index contributed by atoms with van der Waals surface area (Å²) in [6, 6.07) is -0.208. The van der Waals surface area contributed by atoms with Gasteiger partial charge >= 0.3 is 6.18 Å². The van der Waals surface area contributed by atoms with Gasteiger partial charge in [-0.2, -0.15) is 13.2 Å². The Labute approximate surface area is 104 Å². The van der Waals surface area contributed by atoms with Crippen LogP contribution < -0.4 is 11.1 Å². The number of hydrogen-bond donors (Lipinski definition) is 2. The van der Waals surface area contributed by atoms with Crippen LogP contribution in [0.1, 0.15) is 25.7 Å². The van der Waals surface area contributed by atoms with Gasteiger partial charge < -0.3 is 15.8 Å². The summed E-state index contributed by atoms with van der Waals surface area (Å²) in [7, 11) is 1.37. The van der Waals surface area contributed by atoms with Crippen molar-refractivity contribution in [3.8, 4) is 0 Å². The third kappa shape index (κ3) is 4.13. The van der Waals surface area contributed by atoms with Gasteiger partial charge in [-0.1, -0.05) is 0 Å². The maximum atomic E-state index is 12.4. The highest BCUT2D eigenvalue weighted by atomic mass is 19.4. The molecule has 1 fully saturated rings. The minimum Gasteiger partial charge on any atom is -0.370 e. The fourth-order valence-corrected chi connectivity index (χ4v) is 2.17. The lowest BCUT2D eigenvalue weighted by molar-refractivity contribution is -0.182. The van der Waals surface area contributed by atoms with Crippen molar-refractivity contribution in [2.24, 2.45) is 11.7 Å². The van der Waals surface area contributed by atoms with Gasteiger partial charge in [0, 0.05) is 19.7 Å². The molecule has 0 aromatic heterocycles. The Balaban J connectivity index is 2.38.